The summed E-state index contributed by atoms with van der Waals surface area (Å²) in [7, 11) is 3.13. The van der Waals surface area contributed by atoms with Crippen molar-refractivity contribution in [2.24, 2.45) is 5.92 Å². The first kappa shape index (κ1) is 29.9. The second-order valence-electron chi connectivity index (χ2n) is 11.0. The third kappa shape index (κ3) is 7.06. The van der Waals surface area contributed by atoms with Crippen molar-refractivity contribution in [2.45, 2.75) is 44.6 Å². The summed E-state index contributed by atoms with van der Waals surface area (Å²) in [6.07, 6.45) is 1.96. The topological polar surface area (TPSA) is 80.8 Å². The van der Waals surface area contributed by atoms with Crippen LogP contribution < -0.4 is 19.1 Å². The van der Waals surface area contributed by atoms with Crippen LogP contribution >= 0.6 is 0 Å². The molecule has 2 aromatic carbocycles. The van der Waals surface area contributed by atoms with E-state index in [4.69, 9.17) is 18.9 Å². The van der Waals surface area contributed by atoms with E-state index in [1.165, 1.54) is 7.11 Å². The minimum atomic E-state index is -2.52. The molecule has 2 heterocycles. The Morgan fingerprint density at radius 3 is 2.48 bits per heavy atom. The molecule has 228 valence electrons. The number of rotatable bonds is 12. The molecule has 1 saturated carbocycles. The number of ether oxygens (including phenoxy) is 4. The third-order valence-corrected chi connectivity index (χ3v) is 8.11. The second kappa shape index (κ2) is 13.1. The largest absolute Gasteiger partial charge is 0.496 e. The lowest BCUT2D eigenvalue weighted by molar-refractivity contribution is -0.134. The fourth-order valence-corrected chi connectivity index (χ4v) is 5.54. The highest BCUT2D eigenvalue weighted by molar-refractivity contribution is 5.93. The van der Waals surface area contributed by atoms with E-state index in [0.717, 1.165) is 17.5 Å². The molecular weight excluding hydrogens is 548 g/mol. The molecule has 3 amide bonds. The number of hydrogen-bond acceptors (Lipinski definition) is 6. The van der Waals surface area contributed by atoms with Crippen molar-refractivity contribution >= 4 is 17.6 Å². The fraction of sp³-hybridized carbons (Fsp3) is 0.548. The molecule has 3 aliphatic rings. The zero-order chi connectivity index (χ0) is 29.7. The molecule has 1 unspecified atom stereocenters. The Labute approximate surface area is 245 Å². The SMILES string of the molecule is COc1cc(CC(=O)N2CCOCC2)ccc1CN1CCCN(c2ccc(OC)c(OCCCC3CC3(F)F)c2)C1=O. The van der Waals surface area contributed by atoms with Crippen LogP contribution in [0.5, 0.6) is 17.2 Å². The Bertz CT molecular complexity index is 1270. The standard InChI is InChI=1S/C31H39F2N3O6/c1-39-26-9-8-25(19-28(26)42-14-3-5-24-20-31(24,32)33)36-11-4-10-35(30(36)38)21-23-7-6-22(17-27(23)40-2)18-29(37)34-12-15-41-16-13-34/h6-9,17,19,24H,3-5,10-16,18,20-21H2,1-2H3. The molecule has 0 spiro atoms. The predicted octanol–water partition coefficient (Wildman–Crippen LogP) is 4.75. The highest BCUT2D eigenvalue weighted by Gasteiger charge is 2.55. The zero-order valence-electron chi connectivity index (χ0n) is 24.3. The summed E-state index contributed by atoms with van der Waals surface area (Å²) in [5.74, 6) is -1.37. The van der Waals surface area contributed by atoms with Gasteiger partial charge in [0.05, 0.1) is 47.0 Å². The van der Waals surface area contributed by atoms with Crippen molar-refractivity contribution in [2.75, 3.05) is 65.1 Å². The quantitative estimate of drug-likeness (QED) is 0.334. The number of anilines is 1. The molecule has 2 saturated heterocycles. The Hall–Kier alpha value is -3.60. The number of carbonyl (C=O) groups excluding carboxylic acids is 2. The first-order chi connectivity index (χ1) is 20.3. The van der Waals surface area contributed by atoms with Gasteiger partial charge < -0.3 is 28.7 Å². The second-order valence-corrected chi connectivity index (χ2v) is 11.0. The highest BCUT2D eigenvalue weighted by atomic mass is 19.3. The lowest BCUT2D eigenvalue weighted by Crippen LogP contribution is -2.49. The van der Waals surface area contributed by atoms with Crippen LogP contribution in [0, 0.1) is 5.92 Å². The van der Waals surface area contributed by atoms with Gasteiger partial charge in [0.2, 0.25) is 5.91 Å². The van der Waals surface area contributed by atoms with E-state index in [0.29, 0.717) is 88.3 Å². The minimum absolute atomic E-state index is 0.0377. The monoisotopic (exact) mass is 587 g/mol. The van der Waals surface area contributed by atoms with Crippen LogP contribution in [0.2, 0.25) is 0 Å². The molecule has 0 N–H and O–H groups in total. The molecule has 9 nitrogen and oxygen atoms in total. The summed E-state index contributed by atoms with van der Waals surface area (Å²) in [6, 6.07) is 10.9. The minimum Gasteiger partial charge on any atom is -0.496 e. The summed E-state index contributed by atoms with van der Waals surface area (Å²) in [5.41, 5.74) is 2.39. The maximum atomic E-state index is 13.6. The van der Waals surface area contributed by atoms with Crippen LogP contribution in [0.15, 0.2) is 36.4 Å². The smallest absolute Gasteiger partial charge is 0.324 e. The van der Waals surface area contributed by atoms with Crippen LogP contribution in [0.25, 0.3) is 0 Å². The van der Waals surface area contributed by atoms with E-state index >= 15 is 0 Å². The number of benzene rings is 2. The van der Waals surface area contributed by atoms with Gasteiger partial charge in [-0.05, 0) is 43.0 Å². The Balaban J connectivity index is 1.22. The maximum Gasteiger partial charge on any atom is 0.324 e. The van der Waals surface area contributed by atoms with Gasteiger partial charge in [-0.2, -0.15) is 0 Å². The molecule has 0 aromatic heterocycles. The summed E-state index contributed by atoms with van der Waals surface area (Å²) >= 11 is 0. The Morgan fingerprint density at radius 1 is 1.00 bits per heavy atom. The number of urea groups is 1. The molecule has 1 aliphatic carbocycles. The van der Waals surface area contributed by atoms with E-state index < -0.39 is 11.8 Å². The molecule has 2 aromatic rings. The molecule has 5 rings (SSSR count). The number of morpholine rings is 1. The van der Waals surface area contributed by atoms with Gasteiger partial charge in [-0.15, -0.1) is 0 Å². The van der Waals surface area contributed by atoms with Crippen molar-refractivity contribution in [3.63, 3.8) is 0 Å². The third-order valence-electron chi connectivity index (χ3n) is 8.11. The molecule has 2 aliphatic heterocycles. The van der Waals surface area contributed by atoms with Gasteiger partial charge in [-0.25, -0.2) is 13.6 Å². The van der Waals surface area contributed by atoms with Gasteiger partial charge in [0.15, 0.2) is 11.5 Å². The van der Waals surface area contributed by atoms with E-state index in [1.807, 2.05) is 29.2 Å². The Morgan fingerprint density at radius 2 is 1.76 bits per heavy atom. The molecule has 42 heavy (non-hydrogen) atoms. The van der Waals surface area contributed by atoms with Crippen LogP contribution in [0.1, 0.15) is 36.8 Å². The first-order valence-electron chi connectivity index (χ1n) is 14.6. The number of halogens is 2. The van der Waals surface area contributed by atoms with Gasteiger partial charge in [0.1, 0.15) is 5.75 Å². The van der Waals surface area contributed by atoms with Crippen molar-refractivity contribution in [3.05, 3.63) is 47.5 Å². The first-order valence-corrected chi connectivity index (χ1v) is 14.6. The lowest BCUT2D eigenvalue weighted by Gasteiger charge is -2.36. The summed E-state index contributed by atoms with van der Waals surface area (Å²) < 4.78 is 48.7. The van der Waals surface area contributed by atoms with Crippen LogP contribution in [-0.2, 0) is 22.5 Å². The van der Waals surface area contributed by atoms with Crippen molar-refractivity contribution in [1.29, 1.82) is 0 Å². The normalized spacial score (nSPS) is 20.0. The molecule has 11 heteroatoms. The number of methoxy groups -OCH3 is 2. The lowest BCUT2D eigenvalue weighted by atomic mass is 10.1. The average molecular weight is 588 g/mol. The highest BCUT2D eigenvalue weighted by Crippen LogP contribution is 2.51. The number of hydrogen-bond donors (Lipinski definition) is 0. The van der Waals surface area contributed by atoms with Gasteiger partial charge in [-0.3, -0.25) is 9.69 Å². The van der Waals surface area contributed by atoms with Crippen molar-refractivity contribution < 1.29 is 37.3 Å². The van der Waals surface area contributed by atoms with Gasteiger partial charge >= 0.3 is 6.03 Å². The van der Waals surface area contributed by atoms with E-state index in [9.17, 15) is 18.4 Å². The van der Waals surface area contributed by atoms with Crippen molar-refractivity contribution in [1.82, 2.24) is 9.80 Å². The number of alkyl halides is 2. The van der Waals surface area contributed by atoms with Crippen molar-refractivity contribution in [3.8, 4) is 17.2 Å². The van der Waals surface area contributed by atoms with Gasteiger partial charge in [0.25, 0.3) is 5.92 Å². The number of nitrogens with zero attached hydrogens (tertiary/aromatic N) is 3. The van der Waals surface area contributed by atoms with Gasteiger partial charge in [-0.1, -0.05) is 12.1 Å². The number of carbonyl (C=O) groups is 2. The van der Waals surface area contributed by atoms with Crippen LogP contribution in [-0.4, -0.2) is 87.9 Å². The van der Waals surface area contributed by atoms with E-state index in [1.54, 1.807) is 29.0 Å². The predicted molar refractivity (Wildman–Crippen MR) is 153 cm³/mol. The number of amides is 3. The fourth-order valence-electron chi connectivity index (χ4n) is 5.54. The van der Waals surface area contributed by atoms with E-state index in [-0.39, 0.29) is 24.8 Å². The zero-order valence-corrected chi connectivity index (χ0v) is 24.3. The van der Waals surface area contributed by atoms with E-state index in [2.05, 4.69) is 0 Å². The Kier molecular flexibility index (Phi) is 9.35. The van der Waals surface area contributed by atoms with Crippen LogP contribution in [0.4, 0.5) is 19.3 Å². The summed E-state index contributed by atoms with van der Waals surface area (Å²) in [6.45, 7) is 4.13. The average Bonchev–Trinajstić information content (AvgIpc) is 3.62. The molecule has 1 atom stereocenters. The molecular formula is C31H39F2N3O6. The molecule has 3 fully saturated rings. The summed E-state index contributed by atoms with van der Waals surface area (Å²) in [5, 5.41) is 0. The maximum absolute atomic E-state index is 13.6. The molecule has 0 radical (unpaired) electrons. The summed E-state index contributed by atoms with van der Waals surface area (Å²) in [4.78, 5) is 31.6. The molecule has 0 bridgehead atoms. The van der Waals surface area contributed by atoms with Gasteiger partial charge in [0, 0.05) is 55.8 Å². The van der Waals surface area contributed by atoms with Crippen LogP contribution in [0.3, 0.4) is 0 Å².